The van der Waals surface area contributed by atoms with Crippen LogP contribution in [0.1, 0.15) is 12.8 Å². The number of anilines is 1. The quantitative estimate of drug-likeness (QED) is 0.600. The maximum atomic E-state index is 5.84. The second-order valence-electron chi connectivity index (χ2n) is 3.10. The first kappa shape index (κ1) is 9.19. The summed E-state index contributed by atoms with van der Waals surface area (Å²) >= 11 is 7.71. The van der Waals surface area contributed by atoms with E-state index in [0.717, 1.165) is 10.9 Å². The van der Waals surface area contributed by atoms with Gasteiger partial charge in [-0.1, -0.05) is 11.6 Å². The molecule has 0 bridgehead atoms. The van der Waals surface area contributed by atoms with Gasteiger partial charge in [0.1, 0.15) is 0 Å². The summed E-state index contributed by atoms with van der Waals surface area (Å²) in [5.41, 5.74) is 3.59. The molecule has 0 amide bonds. The van der Waals surface area contributed by atoms with Crippen molar-refractivity contribution in [1.82, 2.24) is 0 Å². The SMILES string of the molecule is NNc1cc(Cl)ccc1SC1CC1. The standard InChI is InChI=1S/C9H11ClN2S/c10-6-1-4-9(8(5-6)12-11)13-7-2-3-7/h1,4-5,7,12H,2-3,11H2. The molecular weight excluding hydrogens is 204 g/mol. The zero-order valence-electron chi connectivity index (χ0n) is 7.09. The summed E-state index contributed by atoms with van der Waals surface area (Å²) in [6.07, 6.45) is 2.63. The van der Waals surface area contributed by atoms with E-state index in [9.17, 15) is 0 Å². The van der Waals surface area contributed by atoms with Crippen molar-refractivity contribution >= 4 is 29.1 Å². The van der Waals surface area contributed by atoms with Gasteiger partial charge >= 0.3 is 0 Å². The van der Waals surface area contributed by atoms with Crippen molar-refractivity contribution in [3.8, 4) is 0 Å². The largest absolute Gasteiger partial charge is 0.323 e. The van der Waals surface area contributed by atoms with Gasteiger partial charge in [-0.15, -0.1) is 11.8 Å². The number of nitrogen functional groups attached to an aromatic ring is 1. The fourth-order valence-corrected chi connectivity index (χ4v) is 2.38. The number of nitrogens with one attached hydrogen (secondary N) is 1. The summed E-state index contributed by atoms with van der Waals surface area (Å²) < 4.78 is 0. The van der Waals surface area contributed by atoms with Crippen LogP contribution < -0.4 is 11.3 Å². The van der Waals surface area contributed by atoms with Gasteiger partial charge in [0.05, 0.1) is 5.69 Å². The molecule has 1 aromatic carbocycles. The smallest absolute Gasteiger partial charge is 0.0635 e. The summed E-state index contributed by atoms with van der Waals surface area (Å²) in [5, 5.41) is 1.50. The average molecular weight is 215 g/mol. The molecule has 1 aliphatic carbocycles. The van der Waals surface area contributed by atoms with Gasteiger partial charge in [0, 0.05) is 15.2 Å². The van der Waals surface area contributed by atoms with E-state index < -0.39 is 0 Å². The molecular formula is C9H11ClN2S. The van der Waals surface area contributed by atoms with Crippen molar-refractivity contribution in [3.63, 3.8) is 0 Å². The first-order valence-corrected chi connectivity index (χ1v) is 5.48. The molecule has 0 spiro atoms. The molecule has 70 valence electrons. The van der Waals surface area contributed by atoms with E-state index in [-0.39, 0.29) is 0 Å². The Morgan fingerprint density at radius 2 is 2.23 bits per heavy atom. The number of nitrogens with two attached hydrogens (primary N) is 1. The Balaban J connectivity index is 2.21. The third-order valence-electron chi connectivity index (χ3n) is 1.92. The minimum Gasteiger partial charge on any atom is -0.323 e. The van der Waals surface area contributed by atoms with Gasteiger partial charge in [0.2, 0.25) is 0 Å². The van der Waals surface area contributed by atoms with E-state index in [4.69, 9.17) is 17.4 Å². The predicted octanol–water partition coefficient (Wildman–Crippen LogP) is 2.88. The average Bonchev–Trinajstić information content (AvgIpc) is 2.92. The predicted molar refractivity (Wildman–Crippen MR) is 58.1 cm³/mol. The normalized spacial score (nSPS) is 15.8. The first-order valence-electron chi connectivity index (χ1n) is 4.22. The maximum Gasteiger partial charge on any atom is 0.0635 e. The number of hydrogen-bond acceptors (Lipinski definition) is 3. The van der Waals surface area contributed by atoms with Gasteiger partial charge in [-0.3, -0.25) is 5.84 Å². The lowest BCUT2D eigenvalue weighted by molar-refractivity contribution is 1.28. The third-order valence-corrected chi connectivity index (χ3v) is 3.56. The van der Waals surface area contributed by atoms with Gasteiger partial charge < -0.3 is 5.43 Å². The first-order chi connectivity index (χ1) is 6.29. The Morgan fingerprint density at radius 1 is 1.46 bits per heavy atom. The number of rotatable bonds is 3. The highest BCUT2D eigenvalue weighted by molar-refractivity contribution is 8.00. The number of hydrazine groups is 1. The van der Waals surface area contributed by atoms with Crippen LogP contribution in [-0.2, 0) is 0 Å². The summed E-state index contributed by atoms with van der Waals surface area (Å²) in [5.74, 6) is 5.39. The van der Waals surface area contributed by atoms with Crippen LogP contribution in [0.2, 0.25) is 5.02 Å². The molecule has 13 heavy (non-hydrogen) atoms. The van der Waals surface area contributed by atoms with Crippen LogP contribution in [0.15, 0.2) is 23.1 Å². The molecule has 3 N–H and O–H groups in total. The highest BCUT2D eigenvalue weighted by Crippen LogP contribution is 2.42. The van der Waals surface area contributed by atoms with Crippen LogP contribution in [0.4, 0.5) is 5.69 Å². The van der Waals surface area contributed by atoms with E-state index in [2.05, 4.69) is 5.43 Å². The molecule has 0 heterocycles. The lowest BCUT2D eigenvalue weighted by atomic mass is 10.3. The summed E-state index contributed by atoms with van der Waals surface area (Å²) in [6.45, 7) is 0. The molecule has 0 saturated heterocycles. The minimum absolute atomic E-state index is 0.716. The van der Waals surface area contributed by atoms with Gasteiger partial charge in [-0.25, -0.2) is 0 Å². The van der Waals surface area contributed by atoms with Crippen molar-refractivity contribution in [2.45, 2.75) is 23.0 Å². The Bertz CT molecular complexity index is 312. The fourth-order valence-electron chi connectivity index (χ4n) is 1.08. The molecule has 1 saturated carbocycles. The summed E-state index contributed by atoms with van der Waals surface area (Å²) in [7, 11) is 0. The summed E-state index contributed by atoms with van der Waals surface area (Å²) in [4.78, 5) is 1.19. The Labute approximate surface area is 86.8 Å². The van der Waals surface area contributed by atoms with Crippen molar-refractivity contribution in [2.24, 2.45) is 5.84 Å². The number of hydrogen-bond donors (Lipinski definition) is 2. The van der Waals surface area contributed by atoms with E-state index >= 15 is 0 Å². The molecule has 0 aromatic heterocycles. The van der Waals surface area contributed by atoms with E-state index in [0.29, 0.717) is 5.02 Å². The molecule has 1 aromatic rings. The second kappa shape index (κ2) is 3.78. The van der Waals surface area contributed by atoms with Gasteiger partial charge in [0.25, 0.3) is 0 Å². The van der Waals surface area contributed by atoms with Crippen LogP contribution in [0.5, 0.6) is 0 Å². The molecule has 0 atom stereocenters. The van der Waals surface area contributed by atoms with Gasteiger partial charge in [-0.05, 0) is 31.0 Å². The topological polar surface area (TPSA) is 38.0 Å². The molecule has 1 fully saturated rings. The molecule has 2 rings (SSSR count). The van der Waals surface area contributed by atoms with Crippen LogP contribution in [-0.4, -0.2) is 5.25 Å². The minimum atomic E-state index is 0.716. The zero-order chi connectivity index (χ0) is 9.26. The zero-order valence-corrected chi connectivity index (χ0v) is 8.66. The Hall–Kier alpha value is -0.380. The Kier molecular flexibility index (Phi) is 2.67. The number of halogens is 1. The van der Waals surface area contributed by atoms with Crippen LogP contribution >= 0.6 is 23.4 Å². The summed E-state index contributed by atoms with van der Waals surface area (Å²) in [6, 6.07) is 5.76. The van der Waals surface area contributed by atoms with Crippen molar-refractivity contribution in [2.75, 3.05) is 5.43 Å². The molecule has 0 unspecified atom stereocenters. The molecule has 0 radical (unpaired) electrons. The Morgan fingerprint density at radius 3 is 2.85 bits per heavy atom. The van der Waals surface area contributed by atoms with Gasteiger partial charge in [0.15, 0.2) is 0 Å². The van der Waals surface area contributed by atoms with Crippen LogP contribution in [0.3, 0.4) is 0 Å². The van der Waals surface area contributed by atoms with Crippen molar-refractivity contribution in [3.05, 3.63) is 23.2 Å². The molecule has 4 heteroatoms. The molecule has 0 aliphatic heterocycles. The second-order valence-corrected chi connectivity index (χ2v) is 4.88. The lowest BCUT2D eigenvalue weighted by Crippen LogP contribution is -2.07. The maximum absolute atomic E-state index is 5.84. The van der Waals surface area contributed by atoms with E-state index in [1.807, 2.05) is 30.0 Å². The third kappa shape index (κ3) is 2.30. The molecule has 1 aliphatic rings. The van der Waals surface area contributed by atoms with Crippen molar-refractivity contribution < 1.29 is 0 Å². The number of benzene rings is 1. The highest BCUT2D eigenvalue weighted by atomic mass is 35.5. The fraction of sp³-hybridized carbons (Fsp3) is 0.333. The van der Waals surface area contributed by atoms with Crippen molar-refractivity contribution in [1.29, 1.82) is 0 Å². The highest BCUT2D eigenvalue weighted by Gasteiger charge is 2.23. The van der Waals surface area contributed by atoms with E-state index in [1.165, 1.54) is 17.7 Å². The van der Waals surface area contributed by atoms with E-state index in [1.54, 1.807) is 0 Å². The van der Waals surface area contributed by atoms with Crippen LogP contribution in [0, 0.1) is 0 Å². The van der Waals surface area contributed by atoms with Gasteiger partial charge in [-0.2, -0.15) is 0 Å². The lowest BCUT2D eigenvalue weighted by Gasteiger charge is -2.07. The van der Waals surface area contributed by atoms with Crippen LogP contribution in [0.25, 0.3) is 0 Å². The monoisotopic (exact) mass is 214 g/mol. The number of thioether (sulfide) groups is 1. The molecule has 2 nitrogen and oxygen atoms in total.